The summed E-state index contributed by atoms with van der Waals surface area (Å²) in [4.78, 5) is 36.4. The van der Waals surface area contributed by atoms with E-state index in [1.807, 2.05) is 13.8 Å². The van der Waals surface area contributed by atoms with E-state index in [2.05, 4.69) is 20.6 Å². The van der Waals surface area contributed by atoms with E-state index >= 15 is 0 Å². The first-order chi connectivity index (χ1) is 18.7. The summed E-state index contributed by atoms with van der Waals surface area (Å²) in [6, 6.07) is 8.71. The van der Waals surface area contributed by atoms with E-state index in [-0.39, 0.29) is 35.9 Å². The van der Waals surface area contributed by atoms with Crippen LogP contribution in [0.5, 0.6) is 0 Å². The molecule has 0 spiro atoms. The van der Waals surface area contributed by atoms with Crippen molar-refractivity contribution >= 4 is 17.8 Å². The van der Waals surface area contributed by atoms with Gasteiger partial charge < -0.3 is 20.6 Å². The molecule has 0 aliphatic heterocycles. The Morgan fingerprint density at radius 1 is 0.949 bits per heavy atom. The second-order valence-corrected chi connectivity index (χ2v) is 9.46. The van der Waals surface area contributed by atoms with Gasteiger partial charge >= 0.3 is 0 Å². The molecule has 39 heavy (non-hydrogen) atoms. The van der Waals surface area contributed by atoms with Crippen molar-refractivity contribution in [2.45, 2.75) is 52.2 Å². The number of nitrogens with zero attached hydrogens (tertiary/aromatic N) is 3. The summed E-state index contributed by atoms with van der Waals surface area (Å²) in [5.41, 5.74) is 1.64. The molecule has 10 heteroatoms. The zero-order valence-corrected chi connectivity index (χ0v) is 22.5. The highest BCUT2D eigenvalue weighted by molar-refractivity contribution is 6.00. The molecule has 2 atom stereocenters. The second-order valence-electron chi connectivity index (χ2n) is 9.46. The first-order valence-corrected chi connectivity index (χ1v) is 13.1. The number of anilines is 1. The zero-order valence-electron chi connectivity index (χ0n) is 22.5. The van der Waals surface area contributed by atoms with Crippen LogP contribution >= 0.6 is 0 Å². The lowest BCUT2D eigenvalue weighted by Gasteiger charge is -2.25. The van der Waals surface area contributed by atoms with Gasteiger partial charge in [-0.3, -0.25) is 9.59 Å². The topological polar surface area (TPSA) is 107 Å². The number of aryl methyl sites for hydroxylation is 1. The molecule has 2 amide bonds. The first kappa shape index (κ1) is 29.6. The largest absolute Gasteiger partial charge is 0.389 e. The first-order valence-electron chi connectivity index (χ1n) is 13.1. The summed E-state index contributed by atoms with van der Waals surface area (Å²) >= 11 is 0. The van der Waals surface area contributed by atoms with Crippen molar-refractivity contribution in [1.29, 1.82) is 0 Å². The van der Waals surface area contributed by atoms with E-state index in [9.17, 15) is 23.5 Å². The van der Waals surface area contributed by atoms with E-state index in [1.54, 1.807) is 30.0 Å². The minimum Gasteiger partial charge on any atom is -0.389 e. The van der Waals surface area contributed by atoms with Gasteiger partial charge in [0.25, 0.3) is 11.8 Å². The van der Waals surface area contributed by atoms with Gasteiger partial charge in [0.05, 0.1) is 12.1 Å². The van der Waals surface area contributed by atoms with Gasteiger partial charge in [-0.1, -0.05) is 13.8 Å². The third-order valence-corrected chi connectivity index (χ3v) is 6.05. The Kier molecular flexibility index (Phi) is 10.9. The Bertz CT molecular complexity index is 1230. The summed E-state index contributed by atoms with van der Waals surface area (Å²) in [7, 11) is 0. The number of aliphatic hydroxyl groups excluding tert-OH is 1. The van der Waals surface area contributed by atoms with Gasteiger partial charge in [0.2, 0.25) is 5.95 Å². The van der Waals surface area contributed by atoms with Crippen LogP contribution in [-0.2, 0) is 6.42 Å². The van der Waals surface area contributed by atoms with Crippen LogP contribution in [0.4, 0.5) is 14.7 Å². The zero-order chi connectivity index (χ0) is 28.4. The molecular formula is C29H35F2N5O3. The molecule has 8 nitrogen and oxygen atoms in total. The fourth-order valence-corrected chi connectivity index (χ4v) is 4.32. The van der Waals surface area contributed by atoms with Gasteiger partial charge in [0, 0.05) is 49.2 Å². The predicted molar refractivity (Wildman–Crippen MR) is 146 cm³/mol. The number of rotatable bonds is 13. The fourth-order valence-electron chi connectivity index (χ4n) is 4.32. The fraction of sp³-hybridized carbons (Fsp3) is 0.379. The number of carbonyl (C=O) groups is 2. The molecule has 0 aliphatic rings. The van der Waals surface area contributed by atoms with E-state index < -0.39 is 29.7 Å². The smallest absolute Gasteiger partial charge is 0.253 e. The molecule has 0 bridgehead atoms. The highest BCUT2D eigenvalue weighted by Crippen LogP contribution is 2.16. The number of hydrogen-bond donors (Lipinski definition) is 3. The Morgan fingerprint density at radius 3 is 2.18 bits per heavy atom. The van der Waals surface area contributed by atoms with Crippen LogP contribution in [0.15, 0.2) is 54.9 Å². The Balaban J connectivity index is 1.84. The minimum atomic E-state index is -1.17. The van der Waals surface area contributed by atoms with Crippen LogP contribution in [0.2, 0.25) is 0 Å². The molecule has 3 rings (SSSR count). The van der Waals surface area contributed by atoms with E-state index in [1.165, 1.54) is 18.5 Å². The van der Waals surface area contributed by atoms with E-state index in [0.717, 1.165) is 36.6 Å². The van der Waals surface area contributed by atoms with Gasteiger partial charge in [-0.25, -0.2) is 18.7 Å². The molecule has 1 aromatic heterocycles. The van der Waals surface area contributed by atoms with Crippen molar-refractivity contribution in [2.75, 3.05) is 25.0 Å². The van der Waals surface area contributed by atoms with Crippen molar-refractivity contribution in [1.82, 2.24) is 20.2 Å². The summed E-state index contributed by atoms with van der Waals surface area (Å²) in [6.07, 6.45) is 3.49. The van der Waals surface area contributed by atoms with Gasteiger partial charge in [-0.15, -0.1) is 0 Å². The van der Waals surface area contributed by atoms with Crippen LogP contribution in [0.3, 0.4) is 0 Å². The number of hydrogen-bond acceptors (Lipinski definition) is 6. The maximum atomic E-state index is 13.9. The van der Waals surface area contributed by atoms with Crippen molar-refractivity contribution in [3.05, 3.63) is 88.7 Å². The van der Waals surface area contributed by atoms with Crippen LogP contribution in [0.1, 0.15) is 58.5 Å². The number of aromatic nitrogens is 2. The van der Waals surface area contributed by atoms with Gasteiger partial charge in [-0.05, 0) is 73.7 Å². The quantitative estimate of drug-likeness (QED) is 0.301. The molecule has 2 aromatic carbocycles. The molecule has 0 saturated carbocycles. The molecular weight excluding hydrogens is 504 g/mol. The van der Waals surface area contributed by atoms with Gasteiger partial charge in [0.1, 0.15) is 11.6 Å². The average molecular weight is 540 g/mol. The summed E-state index contributed by atoms with van der Waals surface area (Å²) in [5, 5.41) is 16.7. The molecule has 208 valence electrons. The lowest BCUT2D eigenvalue weighted by atomic mass is 9.99. The van der Waals surface area contributed by atoms with Crippen LogP contribution in [-0.4, -0.2) is 63.6 Å². The lowest BCUT2D eigenvalue weighted by molar-refractivity contribution is 0.0755. The Hall–Kier alpha value is -3.92. The molecule has 0 aliphatic carbocycles. The standard InChI is InChI=1S/C29H35F2N5O3/c1-4-9-36(10-5-2)28(39)22-12-19(3)11-21(16-22)27(38)35-25(15-20-13-23(30)17-24(31)14-20)26(37)18-34-29-32-7-6-8-33-29/h6-8,11-14,16-17,25-26,37H,4-5,9-10,15,18H2,1-3H3,(H,35,38)(H,32,33,34)/t25-,26+/m0/s1. The molecule has 1 heterocycles. The maximum absolute atomic E-state index is 13.9. The molecule has 0 radical (unpaired) electrons. The monoisotopic (exact) mass is 539 g/mol. The highest BCUT2D eigenvalue weighted by Gasteiger charge is 2.24. The second kappa shape index (κ2) is 14.3. The number of nitrogens with one attached hydrogen (secondary N) is 2. The van der Waals surface area contributed by atoms with Crippen molar-refractivity contribution in [3.63, 3.8) is 0 Å². The number of benzene rings is 2. The minimum absolute atomic E-state index is 0.0344. The Labute approximate surface area is 227 Å². The summed E-state index contributed by atoms with van der Waals surface area (Å²) in [5.74, 6) is -1.92. The van der Waals surface area contributed by atoms with Crippen molar-refractivity contribution in [2.24, 2.45) is 0 Å². The number of carbonyl (C=O) groups excluding carboxylic acids is 2. The van der Waals surface area contributed by atoms with E-state index in [0.29, 0.717) is 18.7 Å². The van der Waals surface area contributed by atoms with Crippen molar-refractivity contribution < 1.29 is 23.5 Å². The summed E-state index contributed by atoms with van der Waals surface area (Å²) in [6.45, 7) is 6.98. The molecule has 3 aromatic rings. The normalized spacial score (nSPS) is 12.5. The summed E-state index contributed by atoms with van der Waals surface area (Å²) < 4.78 is 27.7. The van der Waals surface area contributed by atoms with Crippen LogP contribution < -0.4 is 10.6 Å². The third-order valence-electron chi connectivity index (χ3n) is 6.05. The van der Waals surface area contributed by atoms with Crippen molar-refractivity contribution in [3.8, 4) is 0 Å². The Morgan fingerprint density at radius 2 is 1.56 bits per heavy atom. The van der Waals surface area contributed by atoms with Crippen LogP contribution in [0, 0.1) is 18.6 Å². The molecule has 0 unspecified atom stereocenters. The lowest BCUT2D eigenvalue weighted by Crippen LogP contribution is -2.47. The average Bonchev–Trinajstić information content (AvgIpc) is 2.90. The highest BCUT2D eigenvalue weighted by atomic mass is 19.1. The molecule has 0 saturated heterocycles. The number of aliphatic hydroxyl groups is 1. The van der Waals surface area contributed by atoms with E-state index in [4.69, 9.17) is 0 Å². The maximum Gasteiger partial charge on any atom is 0.253 e. The number of halogens is 2. The number of amides is 2. The van der Waals surface area contributed by atoms with Gasteiger partial charge in [0.15, 0.2) is 0 Å². The SMILES string of the molecule is CCCN(CCC)C(=O)c1cc(C)cc(C(=O)N[C@@H](Cc2cc(F)cc(F)c2)[C@H](O)CNc2ncccn2)c1. The van der Waals surface area contributed by atoms with Crippen LogP contribution in [0.25, 0.3) is 0 Å². The predicted octanol–water partition coefficient (Wildman–Crippen LogP) is 4.14. The molecule has 3 N–H and O–H groups in total. The molecule has 0 fully saturated rings. The third kappa shape index (κ3) is 8.81. The van der Waals surface area contributed by atoms with Gasteiger partial charge in [-0.2, -0.15) is 0 Å².